The predicted octanol–water partition coefficient (Wildman–Crippen LogP) is 2.54. The molecule has 0 unspecified atom stereocenters. The van der Waals surface area contributed by atoms with E-state index < -0.39 is 0 Å². The zero-order valence-electron chi connectivity index (χ0n) is 10.9. The summed E-state index contributed by atoms with van der Waals surface area (Å²) in [6.45, 7) is 8.50. The van der Waals surface area contributed by atoms with Crippen LogP contribution in [-0.2, 0) is 6.54 Å². The van der Waals surface area contributed by atoms with Gasteiger partial charge in [-0.2, -0.15) is 5.10 Å². The molecule has 0 spiro atoms. The molecular weight excluding hydrogens is 248 g/mol. The predicted molar refractivity (Wildman–Crippen MR) is 72.2 cm³/mol. The van der Waals surface area contributed by atoms with E-state index in [0.717, 1.165) is 22.8 Å². The zero-order valence-corrected chi connectivity index (χ0v) is 11.8. The lowest BCUT2D eigenvalue weighted by Crippen LogP contribution is -2.12. The van der Waals surface area contributed by atoms with E-state index in [1.54, 1.807) is 10.9 Å². The molecule has 5 nitrogen and oxygen atoms in total. The van der Waals surface area contributed by atoms with Crippen LogP contribution in [0.3, 0.4) is 0 Å². The Labute approximate surface area is 110 Å². The van der Waals surface area contributed by atoms with Crippen LogP contribution in [0.5, 0.6) is 0 Å². The molecule has 0 aliphatic heterocycles. The van der Waals surface area contributed by atoms with Crippen molar-refractivity contribution in [3.8, 4) is 0 Å². The normalized spacial score (nSPS) is 10.7. The maximum absolute atomic E-state index is 12.1. The minimum absolute atomic E-state index is 0.152. The van der Waals surface area contributed by atoms with Gasteiger partial charge in [0.2, 0.25) is 0 Å². The first kappa shape index (κ1) is 12.8. The summed E-state index contributed by atoms with van der Waals surface area (Å²) in [5, 5.41) is 7.70. The Hall–Kier alpha value is -1.69. The number of carbonyl (C=O) groups is 1. The molecule has 1 N–H and O–H groups in total. The third kappa shape index (κ3) is 2.43. The van der Waals surface area contributed by atoms with Gasteiger partial charge in [0.1, 0.15) is 0 Å². The van der Waals surface area contributed by atoms with Crippen LogP contribution in [0.25, 0.3) is 0 Å². The monoisotopic (exact) mass is 264 g/mol. The number of hydrogen-bond acceptors (Lipinski definition) is 4. The minimum atomic E-state index is -0.152. The van der Waals surface area contributed by atoms with Crippen molar-refractivity contribution in [2.75, 3.05) is 5.32 Å². The first-order valence-corrected chi connectivity index (χ1v) is 6.62. The molecule has 2 rings (SSSR count). The van der Waals surface area contributed by atoms with Gasteiger partial charge in [0.15, 0.2) is 5.13 Å². The summed E-state index contributed by atoms with van der Waals surface area (Å²) in [5.41, 5.74) is 2.29. The van der Waals surface area contributed by atoms with E-state index in [1.807, 2.05) is 27.7 Å². The van der Waals surface area contributed by atoms with Crippen LogP contribution in [-0.4, -0.2) is 20.7 Å². The van der Waals surface area contributed by atoms with Crippen molar-refractivity contribution >= 4 is 22.4 Å². The van der Waals surface area contributed by atoms with Crippen molar-refractivity contribution in [3.05, 3.63) is 28.0 Å². The standard InChI is InChI=1S/C12H16N4OS/c1-5-16-6-10(8(3)15-16)11(17)14-12-13-7(2)9(4)18-12/h6H,5H2,1-4H3,(H,13,14,17). The van der Waals surface area contributed by atoms with Gasteiger partial charge in [0.25, 0.3) is 5.91 Å². The number of thiazole rings is 1. The minimum Gasteiger partial charge on any atom is -0.298 e. The molecule has 0 atom stereocenters. The van der Waals surface area contributed by atoms with Gasteiger partial charge in [-0.3, -0.25) is 14.8 Å². The first-order chi connectivity index (χ1) is 8.51. The molecule has 0 saturated carbocycles. The Kier molecular flexibility index (Phi) is 3.47. The SMILES string of the molecule is CCn1cc(C(=O)Nc2nc(C)c(C)s2)c(C)n1. The fourth-order valence-electron chi connectivity index (χ4n) is 1.59. The smallest absolute Gasteiger partial charge is 0.260 e. The maximum Gasteiger partial charge on any atom is 0.260 e. The van der Waals surface area contributed by atoms with Crippen molar-refractivity contribution in [1.82, 2.24) is 14.8 Å². The molecule has 2 aromatic rings. The van der Waals surface area contributed by atoms with Gasteiger partial charge in [-0.05, 0) is 27.7 Å². The summed E-state index contributed by atoms with van der Waals surface area (Å²) in [6, 6.07) is 0. The number of nitrogens with one attached hydrogen (secondary N) is 1. The van der Waals surface area contributed by atoms with E-state index in [-0.39, 0.29) is 5.91 Å². The maximum atomic E-state index is 12.1. The highest BCUT2D eigenvalue weighted by Crippen LogP contribution is 2.22. The molecule has 0 aromatic carbocycles. The molecule has 0 bridgehead atoms. The summed E-state index contributed by atoms with van der Waals surface area (Å²) in [5.74, 6) is -0.152. The Morgan fingerprint density at radius 2 is 2.11 bits per heavy atom. The van der Waals surface area contributed by atoms with Gasteiger partial charge < -0.3 is 0 Å². The van der Waals surface area contributed by atoms with Crippen molar-refractivity contribution in [3.63, 3.8) is 0 Å². The molecule has 0 aliphatic carbocycles. The Balaban J connectivity index is 2.18. The van der Waals surface area contributed by atoms with Crippen LogP contribution in [0, 0.1) is 20.8 Å². The van der Waals surface area contributed by atoms with Crippen LogP contribution < -0.4 is 5.32 Å². The number of nitrogens with zero attached hydrogens (tertiary/aromatic N) is 3. The van der Waals surface area contributed by atoms with Gasteiger partial charge in [0.05, 0.1) is 17.0 Å². The van der Waals surface area contributed by atoms with E-state index in [0.29, 0.717) is 10.7 Å². The quantitative estimate of drug-likeness (QED) is 0.926. The summed E-state index contributed by atoms with van der Waals surface area (Å²) >= 11 is 1.49. The number of amides is 1. The van der Waals surface area contributed by atoms with Crippen molar-refractivity contribution in [1.29, 1.82) is 0 Å². The van der Waals surface area contributed by atoms with Gasteiger partial charge in [0, 0.05) is 17.6 Å². The highest BCUT2D eigenvalue weighted by Gasteiger charge is 2.15. The Morgan fingerprint density at radius 1 is 1.39 bits per heavy atom. The second kappa shape index (κ2) is 4.89. The van der Waals surface area contributed by atoms with Crippen LogP contribution in [0.2, 0.25) is 0 Å². The summed E-state index contributed by atoms with van der Waals surface area (Å²) in [4.78, 5) is 17.5. The molecule has 6 heteroatoms. The number of aryl methyl sites for hydroxylation is 4. The van der Waals surface area contributed by atoms with E-state index in [2.05, 4.69) is 15.4 Å². The first-order valence-electron chi connectivity index (χ1n) is 5.80. The van der Waals surface area contributed by atoms with E-state index >= 15 is 0 Å². The average Bonchev–Trinajstić information content (AvgIpc) is 2.83. The number of aromatic nitrogens is 3. The van der Waals surface area contributed by atoms with Crippen molar-refractivity contribution in [2.45, 2.75) is 34.2 Å². The van der Waals surface area contributed by atoms with Gasteiger partial charge in [-0.1, -0.05) is 0 Å². The molecule has 0 saturated heterocycles. The van der Waals surface area contributed by atoms with Gasteiger partial charge in [-0.25, -0.2) is 4.98 Å². The molecule has 96 valence electrons. The average molecular weight is 264 g/mol. The summed E-state index contributed by atoms with van der Waals surface area (Å²) < 4.78 is 1.75. The number of rotatable bonds is 3. The van der Waals surface area contributed by atoms with Crippen molar-refractivity contribution in [2.24, 2.45) is 0 Å². The van der Waals surface area contributed by atoms with E-state index in [4.69, 9.17) is 0 Å². The molecule has 0 aliphatic rings. The van der Waals surface area contributed by atoms with Crippen molar-refractivity contribution < 1.29 is 4.79 Å². The highest BCUT2D eigenvalue weighted by atomic mass is 32.1. The lowest BCUT2D eigenvalue weighted by Gasteiger charge is -1.98. The lowest BCUT2D eigenvalue weighted by atomic mass is 10.2. The third-order valence-corrected chi connectivity index (χ3v) is 3.75. The Morgan fingerprint density at radius 3 is 2.61 bits per heavy atom. The van der Waals surface area contributed by atoms with Crippen LogP contribution in [0.4, 0.5) is 5.13 Å². The summed E-state index contributed by atoms with van der Waals surface area (Å²) in [7, 11) is 0. The van der Waals surface area contributed by atoms with E-state index in [9.17, 15) is 4.79 Å². The molecule has 0 fully saturated rings. The fourth-order valence-corrected chi connectivity index (χ4v) is 2.40. The number of hydrogen-bond donors (Lipinski definition) is 1. The third-order valence-electron chi connectivity index (χ3n) is 2.76. The summed E-state index contributed by atoms with van der Waals surface area (Å²) in [6.07, 6.45) is 1.76. The number of anilines is 1. The molecule has 2 heterocycles. The zero-order chi connectivity index (χ0) is 13.3. The lowest BCUT2D eigenvalue weighted by molar-refractivity contribution is 0.102. The molecular formula is C12H16N4OS. The number of carbonyl (C=O) groups excluding carboxylic acids is 1. The molecule has 0 radical (unpaired) electrons. The highest BCUT2D eigenvalue weighted by molar-refractivity contribution is 7.15. The van der Waals surface area contributed by atoms with Crippen LogP contribution in [0.15, 0.2) is 6.20 Å². The van der Waals surface area contributed by atoms with Gasteiger partial charge >= 0.3 is 0 Å². The molecule has 2 aromatic heterocycles. The second-order valence-corrected chi connectivity index (χ2v) is 5.30. The Bertz CT molecular complexity index is 565. The topological polar surface area (TPSA) is 59.8 Å². The van der Waals surface area contributed by atoms with E-state index in [1.165, 1.54) is 11.3 Å². The second-order valence-electron chi connectivity index (χ2n) is 4.10. The van der Waals surface area contributed by atoms with Crippen LogP contribution >= 0.6 is 11.3 Å². The van der Waals surface area contributed by atoms with Gasteiger partial charge in [-0.15, -0.1) is 11.3 Å². The molecule has 18 heavy (non-hydrogen) atoms. The molecule has 1 amide bonds. The fraction of sp³-hybridized carbons (Fsp3) is 0.417. The van der Waals surface area contributed by atoms with Crippen LogP contribution in [0.1, 0.15) is 33.5 Å². The largest absolute Gasteiger partial charge is 0.298 e.